The summed E-state index contributed by atoms with van der Waals surface area (Å²) < 4.78 is 25.3. The fourth-order valence-corrected chi connectivity index (χ4v) is 13.8. The van der Waals surface area contributed by atoms with Crippen LogP contribution >= 0.6 is 0 Å². The van der Waals surface area contributed by atoms with Crippen LogP contribution in [0.25, 0.3) is 0 Å². The number of Topliss-reactive ketones (excluding diaryl/α,β-unsaturated/α-hetero) is 1. The van der Waals surface area contributed by atoms with Crippen molar-refractivity contribution in [1.82, 2.24) is 4.90 Å². The Morgan fingerprint density at radius 3 is 2.38 bits per heavy atom. The Balaban J connectivity index is 1.03. The van der Waals surface area contributed by atoms with Crippen molar-refractivity contribution in [3.63, 3.8) is 0 Å². The molecule has 0 amide bonds. The van der Waals surface area contributed by atoms with Gasteiger partial charge in [-0.3, -0.25) is 9.69 Å². The van der Waals surface area contributed by atoms with Crippen molar-refractivity contribution < 1.29 is 28.8 Å². The second-order valence-electron chi connectivity index (χ2n) is 19.2. The quantitative estimate of drug-likeness (QED) is 0.419. The minimum Gasteiger partial charge on any atom is -0.390 e. The van der Waals surface area contributed by atoms with Crippen LogP contribution in [0.1, 0.15) is 107 Å². The predicted molar refractivity (Wildman–Crippen MR) is 171 cm³/mol. The lowest BCUT2D eigenvalue weighted by Crippen LogP contribution is -2.60. The summed E-state index contributed by atoms with van der Waals surface area (Å²) in [6.07, 6.45) is 8.15. The Labute approximate surface area is 271 Å². The summed E-state index contributed by atoms with van der Waals surface area (Å²) in [6.45, 7) is 22.5. The number of ketones is 1. The Morgan fingerprint density at radius 2 is 1.69 bits per heavy atom. The van der Waals surface area contributed by atoms with E-state index in [1.807, 2.05) is 20.8 Å². The second kappa shape index (κ2) is 10.00. The summed E-state index contributed by atoms with van der Waals surface area (Å²) in [6, 6.07) is 0.524. The highest BCUT2D eigenvalue weighted by molar-refractivity contribution is 5.88. The van der Waals surface area contributed by atoms with E-state index in [1.54, 1.807) is 0 Å². The molecule has 254 valence electrons. The molecule has 3 aliphatic heterocycles. The van der Waals surface area contributed by atoms with Gasteiger partial charge in [0, 0.05) is 17.4 Å². The molecule has 8 unspecified atom stereocenters. The summed E-state index contributed by atoms with van der Waals surface area (Å²) >= 11 is 0. The first-order valence-corrected chi connectivity index (χ1v) is 18.6. The van der Waals surface area contributed by atoms with Gasteiger partial charge >= 0.3 is 0 Å². The van der Waals surface area contributed by atoms with Crippen LogP contribution in [0.4, 0.5) is 0 Å². The number of carbonyl (C=O) groups excluding carboxylic acids is 1. The van der Waals surface area contributed by atoms with E-state index in [-0.39, 0.29) is 40.5 Å². The van der Waals surface area contributed by atoms with Gasteiger partial charge in [0.15, 0.2) is 12.1 Å². The van der Waals surface area contributed by atoms with Crippen LogP contribution in [0.5, 0.6) is 0 Å². The topological polar surface area (TPSA) is 77.5 Å². The van der Waals surface area contributed by atoms with Gasteiger partial charge in [0.2, 0.25) is 0 Å². The standard InChI is InChI=1S/C38H61NO6/c1-22-17-24(31(40)33(2,3)4)44-30-29(22)35(7)13-14-38-21-37(38)12-11-27(45-28-18-39(15-16-43-28)23-19-42-20-23)34(5,6)25(37)9-10-26(38)36(35,8)32(30)41/h22-30,32,41H,9-21H2,1-8H3/t22-,24?,25+,26?,27?,28+,29?,30?,32+,35?,36-,37?,38?/m1/s1. The molecule has 8 rings (SSSR count). The molecule has 8 fully saturated rings. The molecule has 0 radical (unpaired) electrons. The highest BCUT2D eigenvalue weighted by Gasteiger charge is 2.84. The zero-order chi connectivity index (χ0) is 31.9. The number of hydrogen-bond donors (Lipinski definition) is 1. The fourth-order valence-electron chi connectivity index (χ4n) is 13.8. The number of rotatable bonds is 4. The maximum atomic E-state index is 13.4. The summed E-state index contributed by atoms with van der Waals surface area (Å²) in [4.78, 5) is 15.9. The molecule has 3 saturated heterocycles. The van der Waals surface area contributed by atoms with Crippen molar-refractivity contribution in [2.75, 3.05) is 32.9 Å². The minimum atomic E-state index is -0.526. The Kier molecular flexibility index (Phi) is 7.04. The van der Waals surface area contributed by atoms with Gasteiger partial charge in [0.05, 0.1) is 50.7 Å². The monoisotopic (exact) mass is 627 g/mol. The first-order chi connectivity index (χ1) is 21.1. The molecule has 45 heavy (non-hydrogen) atoms. The first-order valence-electron chi connectivity index (χ1n) is 18.6. The molecular formula is C38H61NO6. The second-order valence-corrected chi connectivity index (χ2v) is 19.2. The third-order valence-electron chi connectivity index (χ3n) is 16.3. The third-order valence-corrected chi connectivity index (χ3v) is 16.3. The van der Waals surface area contributed by atoms with Crippen molar-refractivity contribution in [3.8, 4) is 0 Å². The zero-order valence-corrected chi connectivity index (χ0v) is 29.4. The molecule has 0 aromatic carbocycles. The largest absolute Gasteiger partial charge is 0.390 e. The van der Waals surface area contributed by atoms with Gasteiger partial charge in [-0.2, -0.15) is 0 Å². The molecule has 7 nitrogen and oxygen atoms in total. The number of hydrogen-bond acceptors (Lipinski definition) is 7. The van der Waals surface area contributed by atoms with Gasteiger partial charge in [-0.25, -0.2) is 0 Å². The van der Waals surface area contributed by atoms with Crippen LogP contribution < -0.4 is 0 Å². The normalized spacial score (nSPS) is 54.1. The Morgan fingerprint density at radius 1 is 0.978 bits per heavy atom. The molecular weight excluding hydrogens is 566 g/mol. The lowest BCUT2D eigenvalue weighted by Gasteiger charge is -2.64. The molecule has 7 heteroatoms. The summed E-state index contributed by atoms with van der Waals surface area (Å²) in [5, 5.41) is 12.5. The first kappa shape index (κ1) is 31.7. The van der Waals surface area contributed by atoms with Crippen LogP contribution in [0.2, 0.25) is 0 Å². The Hall–Kier alpha value is -0.570. The fraction of sp³-hybridized carbons (Fsp3) is 0.974. The van der Waals surface area contributed by atoms with Crippen molar-refractivity contribution in [1.29, 1.82) is 0 Å². The van der Waals surface area contributed by atoms with Gasteiger partial charge in [0.1, 0.15) is 6.10 Å². The number of aliphatic hydroxyl groups excluding tert-OH is 1. The third kappa shape index (κ3) is 4.06. The van der Waals surface area contributed by atoms with Gasteiger partial charge in [-0.1, -0.05) is 55.4 Å². The van der Waals surface area contributed by atoms with Crippen molar-refractivity contribution in [2.24, 2.45) is 56.2 Å². The van der Waals surface area contributed by atoms with Crippen LogP contribution in [-0.2, 0) is 23.7 Å². The highest BCUT2D eigenvalue weighted by Crippen LogP contribution is 2.89. The van der Waals surface area contributed by atoms with E-state index in [0.29, 0.717) is 40.5 Å². The number of nitrogens with zero attached hydrogens (tertiary/aromatic N) is 1. The molecule has 8 aliphatic rings. The predicted octanol–water partition coefficient (Wildman–Crippen LogP) is 5.86. The van der Waals surface area contributed by atoms with Crippen LogP contribution in [0, 0.1) is 56.2 Å². The number of aliphatic hydroxyl groups is 1. The molecule has 0 bridgehead atoms. The van der Waals surface area contributed by atoms with E-state index in [1.165, 1.54) is 32.1 Å². The average Bonchev–Trinajstić information content (AvgIpc) is 3.57. The zero-order valence-electron chi connectivity index (χ0n) is 29.4. The lowest BCUT2D eigenvalue weighted by molar-refractivity contribution is -0.256. The van der Waals surface area contributed by atoms with Crippen LogP contribution in [0.3, 0.4) is 0 Å². The molecule has 1 N–H and O–H groups in total. The van der Waals surface area contributed by atoms with Crippen LogP contribution in [-0.4, -0.2) is 85.4 Å². The molecule has 13 atom stereocenters. The number of morpholine rings is 1. The highest BCUT2D eigenvalue weighted by atomic mass is 16.7. The SMILES string of the molecule is C[C@@H]1CC(C(=O)C(C)(C)C)OC2C1C1(C)CCC34CC35CCC(O[C@H]3CN(C6COC6)CCO3)C(C)(C)[C@@H]5CCC4[C@]1(C)[C@H]2O. The van der Waals surface area contributed by atoms with E-state index in [0.717, 1.165) is 52.2 Å². The maximum absolute atomic E-state index is 13.4. The van der Waals surface area contributed by atoms with Gasteiger partial charge in [-0.05, 0) is 96.7 Å². The van der Waals surface area contributed by atoms with E-state index in [2.05, 4.69) is 39.5 Å². The van der Waals surface area contributed by atoms with E-state index in [9.17, 15) is 9.90 Å². The minimum absolute atomic E-state index is 0.0181. The number of fused-ring (bicyclic) bond motifs is 4. The van der Waals surface area contributed by atoms with E-state index in [4.69, 9.17) is 18.9 Å². The smallest absolute Gasteiger partial charge is 0.170 e. The Bertz CT molecular complexity index is 1210. The summed E-state index contributed by atoms with van der Waals surface area (Å²) in [7, 11) is 0. The average molecular weight is 628 g/mol. The molecule has 0 aromatic rings. The molecule has 5 aliphatic carbocycles. The molecule has 3 heterocycles. The number of carbonyl (C=O) groups is 1. The van der Waals surface area contributed by atoms with Gasteiger partial charge < -0.3 is 24.1 Å². The lowest BCUT2D eigenvalue weighted by atomic mass is 9.41. The van der Waals surface area contributed by atoms with Crippen molar-refractivity contribution in [2.45, 2.75) is 144 Å². The van der Waals surface area contributed by atoms with E-state index < -0.39 is 17.6 Å². The number of ether oxygens (including phenoxy) is 4. The van der Waals surface area contributed by atoms with Crippen molar-refractivity contribution >= 4 is 5.78 Å². The van der Waals surface area contributed by atoms with E-state index >= 15 is 0 Å². The van der Waals surface area contributed by atoms with Crippen molar-refractivity contribution in [3.05, 3.63) is 0 Å². The summed E-state index contributed by atoms with van der Waals surface area (Å²) in [5.41, 5.74) is 0.132. The maximum Gasteiger partial charge on any atom is 0.170 e. The molecule has 2 spiro atoms. The van der Waals surface area contributed by atoms with Crippen LogP contribution in [0.15, 0.2) is 0 Å². The van der Waals surface area contributed by atoms with Gasteiger partial charge in [-0.15, -0.1) is 0 Å². The van der Waals surface area contributed by atoms with Gasteiger partial charge in [0.25, 0.3) is 0 Å². The summed E-state index contributed by atoms with van der Waals surface area (Å²) in [5.74, 6) is 1.99. The molecule has 5 saturated carbocycles. The molecule has 0 aromatic heterocycles.